The lowest BCUT2D eigenvalue weighted by Crippen LogP contribution is -2.45. The van der Waals surface area contributed by atoms with Crippen molar-refractivity contribution in [2.75, 3.05) is 0 Å². The minimum Gasteiger partial charge on any atom is -0.368 e. The van der Waals surface area contributed by atoms with E-state index in [1.54, 1.807) is 30.3 Å². The van der Waals surface area contributed by atoms with Crippen LogP contribution in [0.15, 0.2) is 30.3 Å². The summed E-state index contributed by atoms with van der Waals surface area (Å²) in [6.07, 6.45) is -0.796. The quantitative estimate of drug-likeness (QED) is 0.423. The van der Waals surface area contributed by atoms with E-state index in [-0.39, 0.29) is 0 Å². The summed E-state index contributed by atoms with van der Waals surface area (Å²) in [5.74, 6) is -0.972. The van der Waals surface area contributed by atoms with E-state index < -0.39 is 29.1 Å². The number of carbonyl (C=O) groups excluding carboxylic acids is 2. The van der Waals surface area contributed by atoms with E-state index >= 15 is 0 Å². The Labute approximate surface area is 97.4 Å². The average molecular weight is 233 g/mol. The summed E-state index contributed by atoms with van der Waals surface area (Å²) in [7, 11) is 0. The second-order valence-electron chi connectivity index (χ2n) is 4.53. The van der Waals surface area contributed by atoms with Crippen LogP contribution in [0.1, 0.15) is 17.3 Å². The lowest BCUT2D eigenvalue weighted by Gasteiger charge is -2.16. The van der Waals surface area contributed by atoms with Gasteiger partial charge in [-0.05, 0) is 6.92 Å². The lowest BCUT2D eigenvalue weighted by atomic mass is 9.93. The normalized spacial score (nSPS) is 38.5. The Kier molecular flexibility index (Phi) is 1.80. The van der Waals surface area contributed by atoms with Gasteiger partial charge in [0.05, 0.1) is 0 Å². The van der Waals surface area contributed by atoms with Gasteiger partial charge in [-0.3, -0.25) is 9.59 Å². The first-order valence-corrected chi connectivity index (χ1v) is 5.31. The van der Waals surface area contributed by atoms with Crippen molar-refractivity contribution in [3.63, 3.8) is 0 Å². The number of ketones is 1. The van der Waals surface area contributed by atoms with Gasteiger partial charge in [-0.1, -0.05) is 30.3 Å². The molecule has 0 spiro atoms. The summed E-state index contributed by atoms with van der Waals surface area (Å²) in [5.41, 5.74) is -2.59. The number of amides is 1. The third-order valence-electron chi connectivity index (χ3n) is 3.20. The summed E-state index contributed by atoms with van der Waals surface area (Å²) in [6.45, 7) is 1.42. The monoisotopic (exact) mass is 233 g/mol. The zero-order chi connectivity index (χ0) is 12.3. The van der Waals surface area contributed by atoms with Gasteiger partial charge in [0.2, 0.25) is 11.4 Å². The Hall–Kier alpha value is -1.72. The number of Topliss-reactive ketones (excluding diaryl/α,β-unsaturated/α-hetero) is 1. The van der Waals surface area contributed by atoms with Crippen LogP contribution < -0.4 is 5.32 Å². The Morgan fingerprint density at radius 2 is 2.06 bits per heavy atom. The number of aliphatic hydroxyl groups is 1. The van der Waals surface area contributed by atoms with Gasteiger partial charge in [-0.25, -0.2) is 0 Å². The number of nitrogens with one attached hydrogen (secondary N) is 1. The Bertz CT molecular complexity index is 510. The summed E-state index contributed by atoms with van der Waals surface area (Å²) in [4.78, 5) is 24.0. The fourth-order valence-corrected chi connectivity index (χ4v) is 2.30. The molecule has 17 heavy (non-hydrogen) atoms. The zero-order valence-corrected chi connectivity index (χ0v) is 9.14. The lowest BCUT2D eigenvalue weighted by molar-refractivity contribution is -0.130. The summed E-state index contributed by atoms with van der Waals surface area (Å²) < 4.78 is 5.17. The minimum atomic E-state index is -1.52. The van der Waals surface area contributed by atoms with E-state index in [1.165, 1.54) is 6.92 Å². The highest BCUT2D eigenvalue weighted by molar-refractivity contribution is 6.21. The van der Waals surface area contributed by atoms with Crippen LogP contribution in [0, 0.1) is 0 Å². The molecule has 2 fully saturated rings. The van der Waals surface area contributed by atoms with Crippen molar-refractivity contribution in [2.45, 2.75) is 24.4 Å². The van der Waals surface area contributed by atoms with Crippen molar-refractivity contribution >= 4 is 11.7 Å². The molecule has 2 aliphatic heterocycles. The summed E-state index contributed by atoms with van der Waals surface area (Å²) in [5, 5.41) is 12.2. The zero-order valence-electron chi connectivity index (χ0n) is 9.14. The molecule has 1 aromatic carbocycles. The molecule has 2 N–H and O–H groups in total. The van der Waals surface area contributed by atoms with Crippen LogP contribution in [-0.2, 0) is 9.53 Å². The van der Waals surface area contributed by atoms with Crippen LogP contribution in [0.3, 0.4) is 0 Å². The first-order valence-electron chi connectivity index (χ1n) is 5.31. The van der Waals surface area contributed by atoms with E-state index in [4.69, 9.17) is 4.74 Å². The van der Waals surface area contributed by atoms with E-state index in [1.807, 2.05) is 0 Å². The molecule has 1 unspecified atom stereocenters. The molecule has 2 saturated heterocycles. The molecule has 0 radical (unpaired) electrons. The standard InChI is InChI=1S/C12H11NO4/c1-11(16)9-12(17-9,10(15)13-11)8(14)7-5-3-2-4-6-7/h2-6,9,16H,1H3,(H,13,15)/t9-,11?,12+/m0/s1. The van der Waals surface area contributed by atoms with Gasteiger partial charge < -0.3 is 15.2 Å². The maximum atomic E-state index is 12.2. The minimum absolute atomic E-state index is 0.404. The number of epoxide rings is 1. The number of ether oxygens (including phenoxy) is 1. The van der Waals surface area contributed by atoms with Crippen molar-refractivity contribution in [2.24, 2.45) is 0 Å². The van der Waals surface area contributed by atoms with Crippen molar-refractivity contribution in [3.05, 3.63) is 35.9 Å². The Morgan fingerprint density at radius 1 is 1.41 bits per heavy atom. The number of carbonyl (C=O) groups is 2. The molecule has 3 atom stereocenters. The molecule has 0 aromatic heterocycles. The molecule has 0 aliphatic carbocycles. The van der Waals surface area contributed by atoms with E-state index in [0.29, 0.717) is 5.56 Å². The third kappa shape index (κ3) is 1.20. The number of hydrogen-bond acceptors (Lipinski definition) is 4. The van der Waals surface area contributed by atoms with Crippen LogP contribution in [0.2, 0.25) is 0 Å². The molecule has 88 valence electrons. The first kappa shape index (κ1) is 10.4. The van der Waals surface area contributed by atoms with Crippen LogP contribution >= 0.6 is 0 Å². The van der Waals surface area contributed by atoms with Crippen LogP contribution in [0.4, 0.5) is 0 Å². The number of benzene rings is 1. The van der Waals surface area contributed by atoms with E-state index in [9.17, 15) is 14.7 Å². The molecule has 5 heteroatoms. The molecule has 1 aromatic rings. The molecule has 0 bridgehead atoms. The van der Waals surface area contributed by atoms with Crippen molar-refractivity contribution < 1.29 is 19.4 Å². The number of hydrogen-bond donors (Lipinski definition) is 2. The second-order valence-corrected chi connectivity index (χ2v) is 4.53. The number of fused-ring (bicyclic) bond motifs is 1. The topological polar surface area (TPSA) is 78.9 Å². The van der Waals surface area contributed by atoms with Crippen LogP contribution in [0.5, 0.6) is 0 Å². The largest absolute Gasteiger partial charge is 0.368 e. The molecule has 2 heterocycles. The maximum Gasteiger partial charge on any atom is 0.265 e. The highest BCUT2D eigenvalue weighted by atomic mass is 16.6. The van der Waals surface area contributed by atoms with E-state index in [2.05, 4.69) is 5.32 Å². The SMILES string of the molecule is CC1(O)NC(=O)[C@]2(C(=O)c3ccccc3)O[C@@H]12. The highest BCUT2D eigenvalue weighted by Crippen LogP contribution is 2.49. The summed E-state index contributed by atoms with van der Waals surface area (Å²) >= 11 is 0. The number of rotatable bonds is 2. The van der Waals surface area contributed by atoms with Gasteiger partial charge in [0.15, 0.2) is 11.8 Å². The fourth-order valence-electron chi connectivity index (χ4n) is 2.30. The molecular weight excluding hydrogens is 222 g/mol. The first-order chi connectivity index (χ1) is 7.98. The van der Waals surface area contributed by atoms with Gasteiger partial charge in [0, 0.05) is 5.56 Å². The molecular formula is C12H11NO4. The predicted molar refractivity (Wildman–Crippen MR) is 57.1 cm³/mol. The third-order valence-corrected chi connectivity index (χ3v) is 3.20. The van der Waals surface area contributed by atoms with Gasteiger partial charge >= 0.3 is 0 Å². The molecule has 5 nitrogen and oxygen atoms in total. The Balaban J connectivity index is 1.98. The highest BCUT2D eigenvalue weighted by Gasteiger charge is 2.79. The molecule has 0 saturated carbocycles. The van der Waals surface area contributed by atoms with E-state index in [0.717, 1.165) is 0 Å². The van der Waals surface area contributed by atoms with Crippen LogP contribution in [-0.4, -0.2) is 34.2 Å². The van der Waals surface area contributed by atoms with Crippen LogP contribution in [0.25, 0.3) is 0 Å². The van der Waals surface area contributed by atoms with Crippen molar-refractivity contribution in [3.8, 4) is 0 Å². The summed E-state index contributed by atoms with van der Waals surface area (Å²) in [6, 6.07) is 8.45. The molecule has 1 amide bonds. The van der Waals surface area contributed by atoms with Gasteiger partial charge in [-0.15, -0.1) is 0 Å². The van der Waals surface area contributed by atoms with Crippen molar-refractivity contribution in [1.82, 2.24) is 5.32 Å². The Morgan fingerprint density at radius 3 is 2.53 bits per heavy atom. The molecule has 2 aliphatic rings. The number of morpholine rings is 1. The fraction of sp³-hybridized carbons (Fsp3) is 0.333. The average Bonchev–Trinajstić information content (AvgIpc) is 3.02. The van der Waals surface area contributed by atoms with Crippen molar-refractivity contribution in [1.29, 1.82) is 0 Å². The van der Waals surface area contributed by atoms with Gasteiger partial charge in [0.1, 0.15) is 0 Å². The van der Waals surface area contributed by atoms with Gasteiger partial charge in [-0.2, -0.15) is 0 Å². The smallest absolute Gasteiger partial charge is 0.265 e. The predicted octanol–water partition coefficient (Wildman–Crippen LogP) is -0.155. The molecule has 3 rings (SSSR count). The van der Waals surface area contributed by atoms with Gasteiger partial charge in [0.25, 0.3) is 5.91 Å². The maximum absolute atomic E-state index is 12.2. The second kappa shape index (κ2) is 2.94.